The highest BCUT2D eigenvalue weighted by molar-refractivity contribution is 7.12. The Kier molecular flexibility index (Phi) is 4.27. The van der Waals surface area contributed by atoms with E-state index in [-0.39, 0.29) is 6.10 Å². The third kappa shape index (κ3) is 3.05. The Labute approximate surface area is 116 Å². The van der Waals surface area contributed by atoms with Crippen molar-refractivity contribution in [2.45, 2.75) is 20.0 Å². The number of halogens is 1. The first kappa shape index (κ1) is 13.4. The molecule has 0 radical (unpaired) electrons. The second-order valence-electron chi connectivity index (χ2n) is 4.20. The van der Waals surface area contributed by atoms with Gasteiger partial charge in [-0.05, 0) is 49.7 Å². The number of ether oxygens (including phenoxy) is 1. The number of hydrogen-bond donors (Lipinski definition) is 1. The van der Waals surface area contributed by atoms with Crippen LogP contribution in [0.4, 0.5) is 0 Å². The zero-order valence-electron chi connectivity index (χ0n) is 10.4. The Morgan fingerprint density at radius 3 is 2.61 bits per heavy atom. The molecule has 0 aliphatic carbocycles. The molecule has 0 saturated carbocycles. The molecule has 0 spiro atoms. The van der Waals surface area contributed by atoms with Crippen LogP contribution < -0.4 is 10.5 Å². The molecule has 0 fully saturated rings. The summed E-state index contributed by atoms with van der Waals surface area (Å²) in [4.78, 5) is 2.42. The van der Waals surface area contributed by atoms with Crippen molar-refractivity contribution in [2.24, 2.45) is 5.73 Å². The van der Waals surface area contributed by atoms with Crippen molar-refractivity contribution in [3.8, 4) is 5.75 Å². The van der Waals surface area contributed by atoms with E-state index in [1.165, 1.54) is 4.88 Å². The molecule has 1 unspecified atom stereocenters. The Balaban J connectivity index is 2.17. The zero-order valence-corrected chi connectivity index (χ0v) is 12.0. The number of nitrogens with two attached hydrogens (primary N) is 1. The summed E-state index contributed by atoms with van der Waals surface area (Å²) in [6.07, 6.45) is -0.0933. The second kappa shape index (κ2) is 5.74. The van der Waals surface area contributed by atoms with Gasteiger partial charge < -0.3 is 10.5 Å². The lowest BCUT2D eigenvalue weighted by Crippen LogP contribution is -2.17. The summed E-state index contributed by atoms with van der Waals surface area (Å²) in [6, 6.07) is 9.81. The standard InChI is InChI=1S/C14H16ClNOS/c1-9-7-11(4-5-12(9)15)17-13(8-16)14-6-3-10(2)18-14/h3-7,13H,8,16H2,1-2H3. The van der Waals surface area contributed by atoms with Crippen molar-refractivity contribution >= 4 is 22.9 Å². The van der Waals surface area contributed by atoms with Gasteiger partial charge in [-0.2, -0.15) is 0 Å². The third-order valence-corrected chi connectivity index (χ3v) is 4.22. The predicted octanol–water partition coefficient (Wildman–Crippen LogP) is 4.10. The summed E-state index contributed by atoms with van der Waals surface area (Å²) in [7, 11) is 0. The summed E-state index contributed by atoms with van der Waals surface area (Å²) < 4.78 is 5.93. The van der Waals surface area contributed by atoms with Crippen molar-refractivity contribution in [3.63, 3.8) is 0 Å². The number of thiophene rings is 1. The van der Waals surface area contributed by atoms with E-state index in [1.807, 2.05) is 25.1 Å². The highest BCUT2D eigenvalue weighted by atomic mass is 35.5. The van der Waals surface area contributed by atoms with Crippen molar-refractivity contribution in [3.05, 3.63) is 50.7 Å². The van der Waals surface area contributed by atoms with Crippen LogP contribution in [0, 0.1) is 13.8 Å². The minimum Gasteiger partial charge on any atom is -0.484 e. The van der Waals surface area contributed by atoms with E-state index in [4.69, 9.17) is 22.1 Å². The Hall–Kier alpha value is -1.03. The molecular formula is C14H16ClNOS. The van der Waals surface area contributed by atoms with Crippen molar-refractivity contribution in [2.75, 3.05) is 6.54 Å². The topological polar surface area (TPSA) is 35.2 Å². The van der Waals surface area contributed by atoms with Crippen LogP contribution in [-0.4, -0.2) is 6.54 Å². The van der Waals surface area contributed by atoms with E-state index in [2.05, 4.69) is 19.1 Å². The van der Waals surface area contributed by atoms with Crippen LogP contribution in [0.15, 0.2) is 30.3 Å². The maximum absolute atomic E-state index is 5.99. The molecule has 0 amide bonds. The molecule has 1 atom stereocenters. The van der Waals surface area contributed by atoms with Gasteiger partial charge in [-0.15, -0.1) is 11.3 Å². The monoisotopic (exact) mass is 281 g/mol. The molecule has 4 heteroatoms. The lowest BCUT2D eigenvalue weighted by Gasteiger charge is -2.16. The van der Waals surface area contributed by atoms with Crippen molar-refractivity contribution in [1.82, 2.24) is 0 Å². The minimum atomic E-state index is -0.0933. The number of rotatable bonds is 4. The fourth-order valence-corrected chi connectivity index (χ4v) is 2.74. The Morgan fingerprint density at radius 2 is 2.06 bits per heavy atom. The smallest absolute Gasteiger partial charge is 0.145 e. The molecule has 96 valence electrons. The number of aryl methyl sites for hydroxylation is 2. The molecule has 2 nitrogen and oxygen atoms in total. The summed E-state index contributed by atoms with van der Waals surface area (Å²) in [5.74, 6) is 0.804. The normalized spacial score (nSPS) is 12.4. The van der Waals surface area contributed by atoms with E-state index in [0.717, 1.165) is 21.2 Å². The van der Waals surface area contributed by atoms with E-state index < -0.39 is 0 Å². The van der Waals surface area contributed by atoms with E-state index in [1.54, 1.807) is 11.3 Å². The lowest BCUT2D eigenvalue weighted by molar-refractivity contribution is 0.218. The van der Waals surface area contributed by atoms with E-state index in [9.17, 15) is 0 Å². The van der Waals surface area contributed by atoms with Gasteiger partial charge in [0.2, 0.25) is 0 Å². The number of hydrogen-bond acceptors (Lipinski definition) is 3. The van der Waals surface area contributed by atoms with Gasteiger partial charge in [0.1, 0.15) is 11.9 Å². The van der Waals surface area contributed by atoms with Gasteiger partial charge in [0, 0.05) is 21.3 Å². The molecule has 0 bridgehead atoms. The molecule has 2 N–H and O–H groups in total. The SMILES string of the molecule is Cc1ccc(C(CN)Oc2ccc(Cl)c(C)c2)s1. The minimum absolute atomic E-state index is 0.0933. The van der Waals surface area contributed by atoms with Crippen LogP contribution in [0.2, 0.25) is 5.02 Å². The molecule has 1 aromatic heterocycles. The second-order valence-corrected chi connectivity index (χ2v) is 5.93. The van der Waals surface area contributed by atoms with E-state index in [0.29, 0.717) is 6.54 Å². The Morgan fingerprint density at radius 1 is 1.28 bits per heavy atom. The summed E-state index contributed by atoms with van der Waals surface area (Å²) >= 11 is 7.71. The largest absolute Gasteiger partial charge is 0.484 e. The fraction of sp³-hybridized carbons (Fsp3) is 0.286. The molecular weight excluding hydrogens is 266 g/mol. The van der Waals surface area contributed by atoms with Gasteiger partial charge in [0.25, 0.3) is 0 Å². The highest BCUT2D eigenvalue weighted by Gasteiger charge is 2.13. The van der Waals surface area contributed by atoms with Crippen LogP contribution in [0.1, 0.15) is 21.4 Å². The molecule has 0 aliphatic heterocycles. The first-order chi connectivity index (χ1) is 8.60. The predicted molar refractivity (Wildman–Crippen MR) is 77.7 cm³/mol. The van der Waals surface area contributed by atoms with E-state index >= 15 is 0 Å². The van der Waals surface area contributed by atoms with Crippen LogP contribution >= 0.6 is 22.9 Å². The van der Waals surface area contributed by atoms with Crippen molar-refractivity contribution < 1.29 is 4.74 Å². The van der Waals surface area contributed by atoms with Gasteiger partial charge in [-0.3, -0.25) is 0 Å². The average Bonchev–Trinajstić information content (AvgIpc) is 2.77. The first-order valence-electron chi connectivity index (χ1n) is 5.79. The molecule has 1 aromatic carbocycles. The summed E-state index contributed by atoms with van der Waals surface area (Å²) in [5, 5.41) is 0.749. The van der Waals surface area contributed by atoms with Gasteiger partial charge in [-0.25, -0.2) is 0 Å². The van der Waals surface area contributed by atoms with Crippen molar-refractivity contribution in [1.29, 1.82) is 0 Å². The molecule has 2 aromatic rings. The van der Waals surface area contributed by atoms with Crippen LogP contribution in [0.25, 0.3) is 0 Å². The molecule has 0 aliphatic rings. The maximum Gasteiger partial charge on any atom is 0.145 e. The molecule has 18 heavy (non-hydrogen) atoms. The molecule has 2 rings (SSSR count). The third-order valence-electron chi connectivity index (χ3n) is 2.70. The first-order valence-corrected chi connectivity index (χ1v) is 6.99. The molecule has 1 heterocycles. The lowest BCUT2D eigenvalue weighted by atomic mass is 10.2. The van der Waals surface area contributed by atoms with Gasteiger partial charge in [-0.1, -0.05) is 11.6 Å². The Bertz CT molecular complexity index is 538. The molecule has 0 saturated heterocycles. The quantitative estimate of drug-likeness (QED) is 0.916. The maximum atomic E-state index is 5.99. The number of benzene rings is 1. The fourth-order valence-electron chi connectivity index (χ4n) is 1.70. The highest BCUT2D eigenvalue weighted by Crippen LogP contribution is 2.28. The average molecular weight is 282 g/mol. The summed E-state index contributed by atoms with van der Waals surface area (Å²) in [5.41, 5.74) is 6.79. The van der Waals surface area contributed by atoms with Crippen LogP contribution in [0.3, 0.4) is 0 Å². The zero-order chi connectivity index (χ0) is 13.1. The summed E-state index contributed by atoms with van der Waals surface area (Å²) in [6.45, 7) is 4.50. The van der Waals surface area contributed by atoms with Gasteiger partial charge >= 0.3 is 0 Å². The van der Waals surface area contributed by atoms with Crippen LogP contribution in [-0.2, 0) is 0 Å². The van der Waals surface area contributed by atoms with Gasteiger partial charge in [0.15, 0.2) is 0 Å². The van der Waals surface area contributed by atoms with Gasteiger partial charge in [0.05, 0.1) is 0 Å². The van der Waals surface area contributed by atoms with Crippen LogP contribution in [0.5, 0.6) is 5.75 Å².